The Labute approximate surface area is 120 Å². The van der Waals surface area contributed by atoms with Gasteiger partial charge in [0.1, 0.15) is 12.3 Å². The molecule has 0 aliphatic carbocycles. The third-order valence-corrected chi connectivity index (χ3v) is 2.61. The minimum atomic E-state index is -0.600. The summed E-state index contributed by atoms with van der Waals surface area (Å²) in [6, 6.07) is 6.91. The molecule has 0 atom stereocenters. The van der Waals surface area contributed by atoms with Crippen LogP contribution in [0.4, 0.5) is 5.69 Å². The molecule has 0 saturated carbocycles. The van der Waals surface area contributed by atoms with E-state index in [0.29, 0.717) is 11.4 Å². The number of benzene rings is 1. The van der Waals surface area contributed by atoms with Gasteiger partial charge in [0.2, 0.25) is 5.91 Å². The molecule has 0 aliphatic heterocycles. The van der Waals surface area contributed by atoms with Crippen LogP contribution in [0, 0.1) is 0 Å². The number of carbonyl (C=O) groups is 2. The molecule has 0 saturated heterocycles. The first-order chi connectivity index (χ1) is 10.1. The van der Waals surface area contributed by atoms with Gasteiger partial charge < -0.3 is 14.8 Å². The van der Waals surface area contributed by atoms with Crippen LogP contribution in [0.3, 0.4) is 0 Å². The Balaban J connectivity index is 1.94. The van der Waals surface area contributed by atoms with Crippen LogP contribution < -0.4 is 10.1 Å². The number of anilines is 1. The summed E-state index contributed by atoms with van der Waals surface area (Å²) in [4.78, 5) is 23.1. The van der Waals surface area contributed by atoms with Crippen LogP contribution in [0.5, 0.6) is 5.75 Å². The van der Waals surface area contributed by atoms with Crippen molar-refractivity contribution in [3.63, 3.8) is 0 Å². The van der Waals surface area contributed by atoms with Crippen molar-refractivity contribution < 1.29 is 19.1 Å². The summed E-state index contributed by atoms with van der Waals surface area (Å²) in [6.45, 7) is -0.0595. The largest absolute Gasteiger partial charge is 0.497 e. The number of amides is 1. The number of methoxy groups -OCH3 is 2. The molecule has 21 heavy (non-hydrogen) atoms. The fourth-order valence-electron chi connectivity index (χ4n) is 1.60. The number of nitrogens with one attached hydrogen (secondary N) is 1. The minimum absolute atomic E-state index is 0.0507. The van der Waals surface area contributed by atoms with Gasteiger partial charge in [-0.25, -0.2) is 9.48 Å². The monoisotopic (exact) mass is 290 g/mol. The normalized spacial score (nSPS) is 10.0. The Morgan fingerprint density at radius 2 is 1.95 bits per heavy atom. The Morgan fingerprint density at radius 1 is 1.24 bits per heavy atom. The number of rotatable bonds is 5. The van der Waals surface area contributed by atoms with Crippen molar-refractivity contribution >= 4 is 17.6 Å². The van der Waals surface area contributed by atoms with Gasteiger partial charge in [0, 0.05) is 5.69 Å². The van der Waals surface area contributed by atoms with Gasteiger partial charge in [0.15, 0.2) is 5.69 Å². The first-order valence-electron chi connectivity index (χ1n) is 6.04. The smallest absolute Gasteiger partial charge is 0.360 e. The van der Waals surface area contributed by atoms with Crippen molar-refractivity contribution in [1.82, 2.24) is 15.0 Å². The second-order valence-electron chi connectivity index (χ2n) is 4.07. The van der Waals surface area contributed by atoms with E-state index < -0.39 is 5.97 Å². The van der Waals surface area contributed by atoms with Crippen molar-refractivity contribution in [3.05, 3.63) is 36.2 Å². The van der Waals surface area contributed by atoms with E-state index in [2.05, 4.69) is 20.4 Å². The Kier molecular flexibility index (Phi) is 4.50. The lowest BCUT2D eigenvalue weighted by molar-refractivity contribution is -0.116. The first-order valence-corrected chi connectivity index (χ1v) is 6.04. The molecule has 110 valence electrons. The molecule has 1 aromatic heterocycles. The second-order valence-corrected chi connectivity index (χ2v) is 4.07. The van der Waals surface area contributed by atoms with E-state index in [1.165, 1.54) is 18.0 Å². The molecule has 0 spiro atoms. The third kappa shape index (κ3) is 3.78. The average Bonchev–Trinajstić information content (AvgIpc) is 2.95. The van der Waals surface area contributed by atoms with E-state index in [0.717, 1.165) is 0 Å². The molecule has 0 radical (unpaired) electrons. The summed E-state index contributed by atoms with van der Waals surface area (Å²) >= 11 is 0. The molecule has 0 fully saturated rings. The zero-order chi connectivity index (χ0) is 15.2. The topological polar surface area (TPSA) is 95.3 Å². The van der Waals surface area contributed by atoms with Gasteiger partial charge in [-0.3, -0.25) is 4.79 Å². The molecule has 0 aliphatic rings. The van der Waals surface area contributed by atoms with E-state index in [1.54, 1.807) is 31.4 Å². The van der Waals surface area contributed by atoms with E-state index in [9.17, 15) is 9.59 Å². The summed E-state index contributed by atoms with van der Waals surface area (Å²) in [5.74, 6) is -0.190. The van der Waals surface area contributed by atoms with Crippen LogP contribution in [0.25, 0.3) is 0 Å². The standard InChI is InChI=1S/C13H14N4O4/c1-20-10-5-3-9(4-6-10)14-12(18)8-17-7-11(15-16-17)13(19)21-2/h3-7H,8H2,1-2H3,(H,14,18). The lowest BCUT2D eigenvalue weighted by atomic mass is 10.3. The molecular formula is C13H14N4O4. The lowest BCUT2D eigenvalue weighted by Crippen LogP contribution is -2.19. The number of carbonyl (C=O) groups excluding carboxylic acids is 2. The molecule has 0 bridgehead atoms. The Bertz CT molecular complexity index is 636. The molecule has 8 nitrogen and oxygen atoms in total. The molecule has 2 rings (SSSR count). The predicted molar refractivity (Wildman–Crippen MR) is 73.0 cm³/mol. The second kappa shape index (κ2) is 6.51. The number of aromatic nitrogens is 3. The van der Waals surface area contributed by atoms with Crippen molar-refractivity contribution in [3.8, 4) is 5.75 Å². The van der Waals surface area contributed by atoms with Crippen molar-refractivity contribution in [2.24, 2.45) is 0 Å². The zero-order valence-electron chi connectivity index (χ0n) is 11.6. The van der Waals surface area contributed by atoms with Gasteiger partial charge in [-0.1, -0.05) is 5.21 Å². The number of nitrogens with zero attached hydrogens (tertiary/aromatic N) is 3. The van der Waals surface area contributed by atoms with Gasteiger partial charge >= 0.3 is 5.97 Å². The van der Waals surface area contributed by atoms with E-state index in [4.69, 9.17) is 4.74 Å². The van der Waals surface area contributed by atoms with Gasteiger partial charge in [0.05, 0.1) is 20.4 Å². The molecule has 1 heterocycles. The molecule has 1 amide bonds. The van der Waals surface area contributed by atoms with Crippen LogP contribution in [-0.4, -0.2) is 41.1 Å². The van der Waals surface area contributed by atoms with Crippen LogP contribution in [0.15, 0.2) is 30.5 Å². The van der Waals surface area contributed by atoms with Crippen LogP contribution in [0.2, 0.25) is 0 Å². The summed E-state index contributed by atoms with van der Waals surface area (Å²) in [6.07, 6.45) is 1.35. The quantitative estimate of drug-likeness (QED) is 0.815. The van der Waals surface area contributed by atoms with Crippen LogP contribution in [-0.2, 0) is 16.1 Å². The first kappa shape index (κ1) is 14.5. The van der Waals surface area contributed by atoms with Crippen LogP contribution in [0.1, 0.15) is 10.5 Å². The Hall–Kier alpha value is -2.90. The van der Waals surface area contributed by atoms with Crippen molar-refractivity contribution in [2.75, 3.05) is 19.5 Å². The van der Waals surface area contributed by atoms with Gasteiger partial charge in [0.25, 0.3) is 0 Å². The molecule has 2 aromatic rings. The number of hydrogen-bond donors (Lipinski definition) is 1. The third-order valence-electron chi connectivity index (χ3n) is 2.61. The molecule has 1 aromatic carbocycles. The fraction of sp³-hybridized carbons (Fsp3) is 0.231. The molecule has 0 unspecified atom stereocenters. The van der Waals surface area contributed by atoms with E-state index in [-0.39, 0.29) is 18.1 Å². The minimum Gasteiger partial charge on any atom is -0.497 e. The summed E-state index contributed by atoms with van der Waals surface area (Å²) < 4.78 is 10.8. The zero-order valence-corrected chi connectivity index (χ0v) is 11.6. The van der Waals surface area contributed by atoms with Crippen LogP contribution >= 0.6 is 0 Å². The maximum Gasteiger partial charge on any atom is 0.360 e. The highest BCUT2D eigenvalue weighted by molar-refractivity contribution is 5.90. The Morgan fingerprint density at radius 3 is 2.57 bits per heavy atom. The summed E-state index contributed by atoms with van der Waals surface area (Å²) in [7, 11) is 2.81. The predicted octanol–water partition coefficient (Wildman–Crippen LogP) is 0.712. The van der Waals surface area contributed by atoms with E-state index >= 15 is 0 Å². The molecule has 8 heteroatoms. The highest BCUT2D eigenvalue weighted by Crippen LogP contribution is 2.14. The SMILES string of the molecule is COC(=O)c1cn(CC(=O)Nc2ccc(OC)cc2)nn1. The van der Waals surface area contributed by atoms with Crippen molar-refractivity contribution in [2.45, 2.75) is 6.54 Å². The molecular weight excluding hydrogens is 276 g/mol. The highest BCUT2D eigenvalue weighted by atomic mass is 16.5. The number of esters is 1. The number of ether oxygens (including phenoxy) is 2. The van der Waals surface area contributed by atoms with Gasteiger partial charge in [-0.2, -0.15) is 0 Å². The van der Waals surface area contributed by atoms with Crippen molar-refractivity contribution in [1.29, 1.82) is 0 Å². The molecule has 1 N–H and O–H groups in total. The lowest BCUT2D eigenvalue weighted by Gasteiger charge is -2.05. The van der Waals surface area contributed by atoms with Gasteiger partial charge in [-0.15, -0.1) is 5.10 Å². The summed E-state index contributed by atoms with van der Waals surface area (Å²) in [5, 5.41) is 9.99. The van der Waals surface area contributed by atoms with Gasteiger partial charge in [-0.05, 0) is 24.3 Å². The fourth-order valence-corrected chi connectivity index (χ4v) is 1.60. The van der Waals surface area contributed by atoms with E-state index in [1.807, 2.05) is 0 Å². The highest BCUT2D eigenvalue weighted by Gasteiger charge is 2.12. The maximum absolute atomic E-state index is 11.8. The average molecular weight is 290 g/mol. The number of hydrogen-bond acceptors (Lipinski definition) is 6. The maximum atomic E-state index is 11.8. The summed E-state index contributed by atoms with van der Waals surface area (Å²) in [5.41, 5.74) is 0.684.